The molecule has 0 saturated carbocycles. The van der Waals surface area contributed by atoms with Crippen LogP contribution in [-0.4, -0.2) is 93.2 Å². The molecule has 0 atom stereocenters. The van der Waals surface area contributed by atoms with Crippen LogP contribution in [0.15, 0.2) is 24.3 Å². The number of hydrogen-bond acceptors (Lipinski definition) is 9. The Morgan fingerprint density at radius 1 is 0.828 bits per heavy atom. The quantitative estimate of drug-likeness (QED) is 0.161. The first kappa shape index (κ1) is 23.5. The van der Waals surface area contributed by atoms with Gasteiger partial charge in [-0.3, -0.25) is 39.1 Å². The van der Waals surface area contributed by atoms with Crippen molar-refractivity contribution in [2.24, 2.45) is 0 Å². The molecule has 1 aromatic rings. The molecular formula is C16H19N3O10. The van der Waals surface area contributed by atoms with E-state index in [4.69, 9.17) is 20.1 Å². The van der Waals surface area contributed by atoms with Gasteiger partial charge in [-0.2, -0.15) is 0 Å². The Bertz CT molecular complexity index is 749. The van der Waals surface area contributed by atoms with E-state index in [1.807, 2.05) is 0 Å². The number of nitro benzene ring substituents is 1. The molecule has 13 nitrogen and oxygen atoms in total. The molecule has 0 spiro atoms. The number of hydrogen-bond donors (Lipinski definition) is 3. The number of non-ortho nitro benzene ring substituents is 1. The van der Waals surface area contributed by atoms with Crippen LogP contribution in [-0.2, 0) is 19.2 Å². The lowest BCUT2D eigenvalue weighted by atomic mass is 10.3. The van der Waals surface area contributed by atoms with Crippen molar-refractivity contribution in [3.63, 3.8) is 0 Å². The van der Waals surface area contributed by atoms with Crippen LogP contribution < -0.4 is 4.74 Å². The highest BCUT2D eigenvalue weighted by Gasteiger charge is 2.19. The summed E-state index contributed by atoms with van der Waals surface area (Å²) in [5, 5.41) is 37.2. The van der Waals surface area contributed by atoms with Crippen LogP contribution in [0.4, 0.5) is 5.69 Å². The molecular weight excluding hydrogens is 394 g/mol. The average Bonchev–Trinajstić information content (AvgIpc) is 2.58. The van der Waals surface area contributed by atoms with Gasteiger partial charge in [0.05, 0.1) is 31.1 Å². The van der Waals surface area contributed by atoms with Gasteiger partial charge in [0.1, 0.15) is 5.75 Å². The highest BCUT2D eigenvalue weighted by atomic mass is 16.6. The predicted octanol–water partition coefficient (Wildman–Crippen LogP) is -0.642. The van der Waals surface area contributed by atoms with Crippen LogP contribution in [0.25, 0.3) is 0 Å². The molecule has 0 bridgehead atoms. The van der Waals surface area contributed by atoms with Crippen LogP contribution in [0.1, 0.15) is 0 Å². The van der Waals surface area contributed by atoms with E-state index in [2.05, 4.69) is 0 Å². The number of carboxylic acid groups (broad SMARTS) is 3. The summed E-state index contributed by atoms with van der Waals surface area (Å²) in [4.78, 5) is 56.8. The smallest absolute Gasteiger partial charge is 0.325 e. The van der Waals surface area contributed by atoms with Gasteiger partial charge in [-0.1, -0.05) is 0 Å². The number of aliphatic carboxylic acids is 3. The van der Waals surface area contributed by atoms with E-state index in [1.54, 1.807) is 0 Å². The lowest BCUT2D eigenvalue weighted by Gasteiger charge is -2.24. The maximum absolute atomic E-state index is 12.0. The van der Waals surface area contributed by atoms with Crippen molar-refractivity contribution >= 4 is 29.6 Å². The van der Waals surface area contributed by atoms with Crippen LogP contribution in [0.2, 0.25) is 0 Å². The molecule has 0 aliphatic rings. The van der Waals surface area contributed by atoms with Crippen molar-refractivity contribution in [1.29, 1.82) is 0 Å². The number of carbonyl (C=O) groups excluding carboxylic acids is 1. The third-order valence-corrected chi connectivity index (χ3v) is 3.44. The number of carboxylic acids is 3. The SMILES string of the molecule is O=C(O)CN(CCN(CC(=O)O)CC(=O)Oc1ccc([N+](=O)[O-])cc1)CC(=O)O. The number of esters is 1. The van der Waals surface area contributed by atoms with E-state index >= 15 is 0 Å². The molecule has 0 unspecified atom stereocenters. The van der Waals surface area contributed by atoms with E-state index in [0.717, 1.165) is 21.9 Å². The summed E-state index contributed by atoms with van der Waals surface area (Å²) in [7, 11) is 0. The highest BCUT2D eigenvalue weighted by Crippen LogP contribution is 2.17. The van der Waals surface area contributed by atoms with Gasteiger partial charge in [-0.25, -0.2) is 0 Å². The van der Waals surface area contributed by atoms with Gasteiger partial charge < -0.3 is 20.1 Å². The highest BCUT2D eigenvalue weighted by molar-refractivity contribution is 5.76. The molecule has 0 aromatic heterocycles. The molecule has 1 aromatic carbocycles. The van der Waals surface area contributed by atoms with Crippen LogP contribution in [0.3, 0.4) is 0 Å². The molecule has 0 radical (unpaired) electrons. The topological polar surface area (TPSA) is 188 Å². The number of nitro groups is 1. The van der Waals surface area contributed by atoms with Crippen LogP contribution in [0.5, 0.6) is 5.75 Å². The zero-order valence-electron chi connectivity index (χ0n) is 15.1. The fourth-order valence-electron chi connectivity index (χ4n) is 2.27. The van der Waals surface area contributed by atoms with E-state index in [0.29, 0.717) is 0 Å². The second kappa shape index (κ2) is 11.3. The molecule has 0 amide bonds. The van der Waals surface area contributed by atoms with Crippen molar-refractivity contribution in [1.82, 2.24) is 9.80 Å². The van der Waals surface area contributed by atoms with Gasteiger partial charge in [0, 0.05) is 25.2 Å². The van der Waals surface area contributed by atoms with Crippen LogP contribution in [0, 0.1) is 10.1 Å². The number of rotatable bonds is 13. The zero-order chi connectivity index (χ0) is 22.0. The zero-order valence-corrected chi connectivity index (χ0v) is 15.1. The Morgan fingerprint density at radius 3 is 1.62 bits per heavy atom. The summed E-state index contributed by atoms with van der Waals surface area (Å²) in [5.41, 5.74) is -0.200. The molecule has 0 fully saturated rings. The Labute approximate surface area is 163 Å². The molecule has 158 valence electrons. The summed E-state index contributed by atoms with van der Waals surface area (Å²) < 4.78 is 5.00. The Morgan fingerprint density at radius 2 is 1.24 bits per heavy atom. The van der Waals surface area contributed by atoms with E-state index in [-0.39, 0.29) is 24.5 Å². The molecule has 0 aliphatic heterocycles. The normalized spacial score (nSPS) is 10.7. The molecule has 13 heteroatoms. The van der Waals surface area contributed by atoms with Gasteiger partial charge in [-0.05, 0) is 12.1 Å². The first-order chi connectivity index (χ1) is 13.6. The number of nitrogens with zero attached hydrogens (tertiary/aromatic N) is 3. The third kappa shape index (κ3) is 9.78. The molecule has 1 rings (SSSR count). The summed E-state index contributed by atoms with van der Waals surface area (Å²) in [5.74, 6) is -4.59. The standard InChI is InChI=1S/C16H19N3O10/c20-13(21)7-17(8-14(22)23)5-6-18(9-15(24)25)10-16(26)29-12-3-1-11(2-4-12)19(27)28/h1-4H,5-10H2,(H,20,21)(H,22,23)(H,24,25). The molecule has 0 aliphatic carbocycles. The van der Waals surface area contributed by atoms with E-state index in [9.17, 15) is 29.3 Å². The molecule has 0 saturated heterocycles. The Kier molecular flexibility index (Phi) is 9.15. The lowest BCUT2D eigenvalue weighted by Crippen LogP contribution is -2.43. The van der Waals surface area contributed by atoms with Crippen LogP contribution >= 0.6 is 0 Å². The predicted molar refractivity (Wildman–Crippen MR) is 94.5 cm³/mol. The van der Waals surface area contributed by atoms with E-state index in [1.165, 1.54) is 12.1 Å². The van der Waals surface area contributed by atoms with Crippen molar-refractivity contribution in [3.8, 4) is 5.75 Å². The summed E-state index contributed by atoms with van der Waals surface area (Å²) >= 11 is 0. The van der Waals surface area contributed by atoms with Gasteiger partial charge in [0.25, 0.3) is 5.69 Å². The first-order valence-corrected chi connectivity index (χ1v) is 8.12. The summed E-state index contributed by atoms with van der Waals surface area (Å²) in [6.07, 6.45) is 0. The molecule has 29 heavy (non-hydrogen) atoms. The van der Waals surface area contributed by atoms with Crippen molar-refractivity contribution in [2.75, 3.05) is 39.3 Å². The number of carbonyl (C=O) groups is 4. The molecule has 3 N–H and O–H groups in total. The van der Waals surface area contributed by atoms with Crippen molar-refractivity contribution in [2.45, 2.75) is 0 Å². The number of benzene rings is 1. The van der Waals surface area contributed by atoms with Crippen molar-refractivity contribution < 1.29 is 44.2 Å². The fourth-order valence-corrected chi connectivity index (χ4v) is 2.27. The second-order valence-electron chi connectivity index (χ2n) is 5.83. The van der Waals surface area contributed by atoms with Crippen molar-refractivity contribution in [3.05, 3.63) is 34.4 Å². The second-order valence-corrected chi connectivity index (χ2v) is 5.83. The van der Waals surface area contributed by atoms with E-state index < -0.39 is 55.0 Å². The maximum atomic E-state index is 12.0. The minimum Gasteiger partial charge on any atom is -0.480 e. The number of ether oxygens (including phenoxy) is 1. The lowest BCUT2D eigenvalue weighted by molar-refractivity contribution is -0.384. The average molecular weight is 413 g/mol. The Balaban J connectivity index is 2.69. The maximum Gasteiger partial charge on any atom is 0.325 e. The monoisotopic (exact) mass is 413 g/mol. The minimum absolute atomic E-state index is 0.0225. The third-order valence-electron chi connectivity index (χ3n) is 3.44. The fraction of sp³-hybridized carbons (Fsp3) is 0.375. The van der Waals surface area contributed by atoms with Gasteiger partial charge in [-0.15, -0.1) is 0 Å². The minimum atomic E-state index is -1.26. The van der Waals surface area contributed by atoms with Gasteiger partial charge in [0.15, 0.2) is 0 Å². The van der Waals surface area contributed by atoms with Gasteiger partial charge >= 0.3 is 23.9 Å². The summed E-state index contributed by atoms with van der Waals surface area (Å²) in [6.45, 7) is -2.40. The largest absolute Gasteiger partial charge is 0.480 e. The van der Waals surface area contributed by atoms with Gasteiger partial charge in [0.2, 0.25) is 0 Å². The first-order valence-electron chi connectivity index (χ1n) is 8.12. The Hall–Kier alpha value is -3.58. The molecule has 0 heterocycles. The summed E-state index contributed by atoms with van der Waals surface area (Å²) in [6, 6.07) is 4.68.